The molecule has 0 unspecified atom stereocenters. The van der Waals surface area contributed by atoms with Gasteiger partial charge in [-0.2, -0.15) is 0 Å². The minimum atomic E-state index is -0.265. The highest BCUT2D eigenvalue weighted by Crippen LogP contribution is 1.95. The second-order valence-corrected chi connectivity index (χ2v) is 2.72. The lowest BCUT2D eigenvalue weighted by molar-refractivity contribution is -0.160. The quantitative estimate of drug-likeness (QED) is 0.364. The van der Waals surface area contributed by atoms with Crippen LogP contribution in [0.2, 0.25) is 0 Å². The van der Waals surface area contributed by atoms with Gasteiger partial charge in [0.25, 0.3) is 0 Å². The zero-order valence-corrected chi connectivity index (χ0v) is 7.58. The number of hydrogen-bond donors (Lipinski definition) is 1. The van der Waals surface area contributed by atoms with Gasteiger partial charge in [0, 0.05) is 6.61 Å². The summed E-state index contributed by atoms with van der Waals surface area (Å²) < 4.78 is 9.60. The maximum absolute atomic E-state index is 10.8. The van der Waals surface area contributed by atoms with Gasteiger partial charge in [-0.25, -0.2) is 0 Å². The minimum Gasteiger partial charge on any atom is -0.438 e. The number of aliphatic hydroxyl groups is 1. The molecule has 0 fully saturated rings. The molecule has 0 bridgehead atoms. The smallest absolute Gasteiger partial charge is 0.310 e. The van der Waals surface area contributed by atoms with Crippen molar-refractivity contribution in [1.82, 2.24) is 0 Å². The van der Waals surface area contributed by atoms with Crippen molar-refractivity contribution in [3.63, 3.8) is 0 Å². The second-order valence-electron chi connectivity index (χ2n) is 2.72. The minimum absolute atomic E-state index is 0.0169. The van der Waals surface area contributed by atoms with E-state index in [4.69, 9.17) is 14.6 Å². The van der Waals surface area contributed by atoms with Crippen molar-refractivity contribution in [2.24, 2.45) is 5.92 Å². The van der Waals surface area contributed by atoms with E-state index in [0.29, 0.717) is 13.0 Å². The molecule has 72 valence electrons. The van der Waals surface area contributed by atoms with Crippen molar-refractivity contribution in [2.75, 3.05) is 20.0 Å². The van der Waals surface area contributed by atoms with E-state index in [1.165, 1.54) is 0 Å². The fraction of sp³-hybridized carbons (Fsp3) is 0.875. The number of carbonyl (C=O) groups is 1. The molecule has 12 heavy (non-hydrogen) atoms. The second kappa shape index (κ2) is 7.06. The van der Waals surface area contributed by atoms with Gasteiger partial charge in [0.15, 0.2) is 6.79 Å². The summed E-state index contributed by atoms with van der Waals surface area (Å²) in [5.41, 5.74) is 0. The zero-order chi connectivity index (χ0) is 9.40. The SMILES string of the molecule is CC(C)C(=O)OCOCCCO. The first-order valence-electron chi connectivity index (χ1n) is 4.03. The fourth-order valence-corrected chi connectivity index (χ4v) is 0.492. The van der Waals surface area contributed by atoms with Crippen LogP contribution in [0.3, 0.4) is 0 Å². The zero-order valence-electron chi connectivity index (χ0n) is 7.58. The van der Waals surface area contributed by atoms with Crippen LogP contribution in [0.1, 0.15) is 20.3 Å². The van der Waals surface area contributed by atoms with Crippen LogP contribution in [0.15, 0.2) is 0 Å². The van der Waals surface area contributed by atoms with E-state index in [0.717, 1.165) is 0 Å². The predicted molar refractivity (Wildman–Crippen MR) is 43.5 cm³/mol. The molecule has 0 aliphatic heterocycles. The van der Waals surface area contributed by atoms with Crippen LogP contribution in [-0.4, -0.2) is 31.1 Å². The van der Waals surface area contributed by atoms with Gasteiger partial charge in [-0.15, -0.1) is 0 Å². The van der Waals surface area contributed by atoms with E-state index in [9.17, 15) is 4.79 Å². The summed E-state index contributed by atoms with van der Waals surface area (Å²) in [6, 6.07) is 0. The summed E-state index contributed by atoms with van der Waals surface area (Å²) in [5.74, 6) is -0.384. The summed E-state index contributed by atoms with van der Waals surface area (Å²) in [6.45, 7) is 4.02. The third-order valence-corrected chi connectivity index (χ3v) is 1.20. The van der Waals surface area contributed by atoms with E-state index in [1.54, 1.807) is 13.8 Å². The van der Waals surface area contributed by atoms with Crippen LogP contribution < -0.4 is 0 Å². The third-order valence-electron chi connectivity index (χ3n) is 1.20. The van der Waals surface area contributed by atoms with Crippen LogP contribution in [0, 0.1) is 5.92 Å². The van der Waals surface area contributed by atoms with Gasteiger partial charge in [0.2, 0.25) is 0 Å². The third kappa shape index (κ3) is 6.12. The van der Waals surface area contributed by atoms with Gasteiger partial charge in [0.1, 0.15) is 0 Å². The molecule has 0 saturated carbocycles. The Morgan fingerprint density at radius 1 is 1.50 bits per heavy atom. The number of hydrogen-bond acceptors (Lipinski definition) is 4. The first kappa shape index (κ1) is 11.4. The topological polar surface area (TPSA) is 55.8 Å². The summed E-state index contributed by atoms with van der Waals surface area (Å²) in [5, 5.41) is 8.38. The van der Waals surface area contributed by atoms with Crippen LogP contribution in [0.25, 0.3) is 0 Å². The number of aliphatic hydroxyl groups excluding tert-OH is 1. The Kier molecular flexibility index (Phi) is 6.70. The molecule has 0 heterocycles. The highest BCUT2D eigenvalue weighted by atomic mass is 16.7. The Labute approximate surface area is 72.5 Å². The number of esters is 1. The highest BCUT2D eigenvalue weighted by Gasteiger charge is 2.06. The summed E-state index contributed by atoms with van der Waals surface area (Å²) in [6.07, 6.45) is 0.569. The lowest BCUT2D eigenvalue weighted by atomic mass is 10.2. The molecule has 4 nitrogen and oxygen atoms in total. The van der Waals surface area contributed by atoms with Crippen LogP contribution >= 0.6 is 0 Å². The highest BCUT2D eigenvalue weighted by molar-refractivity contribution is 5.71. The summed E-state index contributed by atoms with van der Waals surface area (Å²) >= 11 is 0. The molecule has 0 amide bonds. The summed E-state index contributed by atoms with van der Waals surface area (Å²) in [4.78, 5) is 10.8. The molecule has 4 heteroatoms. The average Bonchev–Trinajstić information content (AvgIpc) is 2.03. The van der Waals surface area contributed by atoms with Gasteiger partial charge in [-0.1, -0.05) is 13.8 Å². The number of carbonyl (C=O) groups excluding carboxylic acids is 1. The van der Waals surface area contributed by atoms with Crippen molar-refractivity contribution in [3.05, 3.63) is 0 Å². The number of rotatable bonds is 6. The van der Waals surface area contributed by atoms with Gasteiger partial charge in [-0.05, 0) is 6.42 Å². The molecule has 0 rings (SSSR count). The van der Waals surface area contributed by atoms with Gasteiger partial charge in [-0.3, -0.25) is 4.79 Å². The maximum atomic E-state index is 10.8. The first-order valence-corrected chi connectivity index (χ1v) is 4.03. The summed E-state index contributed by atoms with van der Waals surface area (Å²) in [7, 11) is 0. The molecule has 1 N–H and O–H groups in total. The molecule has 0 aliphatic rings. The van der Waals surface area contributed by atoms with E-state index < -0.39 is 0 Å². The Bertz CT molecular complexity index is 122. The Morgan fingerprint density at radius 3 is 2.67 bits per heavy atom. The van der Waals surface area contributed by atoms with E-state index in [-0.39, 0.29) is 25.3 Å². The van der Waals surface area contributed by atoms with Gasteiger partial charge < -0.3 is 14.6 Å². The largest absolute Gasteiger partial charge is 0.438 e. The van der Waals surface area contributed by atoms with Crippen molar-refractivity contribution in [1.29, 1.82) is 0 Å². The van der Waals surface area contributed by atoms with Crippen molar-refractivity contribution in [2.45, 2.75) is 20.3 Å². The molecular weight excluding hydrogens is 160 g/mol. The maximum Gasteiger partial charge on any atom is 0.310 e. The first-order chi connectivity index (χ1) is 5.68. The predicted octanol–water partition coefficient (Wildman–Crippen LogP) is 0.542. The molecule has 0 aromatic carbocycles. The Morgan fingerprint density at radius 2 is 2.17 bits per heavy atom. The Hall–Kier alpha value is -0.610. The van der Waals surface area contributed by atoms with Crippen molar-refractivity contribution >= 4 is 5.97 Å². The molecule has 0 saturated heterocycles. The van der Waals surface area contributed by atoms with Crippen LogP contribution in [0.4, 0.5) is 0 Å². The van der Waals surface area contributed by atoms with E-state index >= 15 is 0 Å². The molecular formula is C8H16O4. The van der Waals surface area contributed by atoms with Crippen molar-refractivity contribution < 1.29 is 19.4 Å². The van der Waals surface area contributed by atoms with Crippen LogP contribution in [-0.2, 0) is 14.3 Å². The fourth-order valence-electron chi connectivity index (χ4n) is 0.492. The lowest BCUT2D eigenvalue weighted by Crippen LogP contribution is -2.14. The molecule has 0 aliphatic carbocycles. The monoisotopic (exact) mass is 176 g/mol. The molecule has 0 spiro atoms. The molecule has 0 aromatic heterocycles. The number of ether oxygens (including phenoxy) is 2. The van der Waals surface area contributed by atoms with Gasteiger partial charge >= 0.3 is 5.97 Å². The Balaban J connectivity index is 3.14. The van der Waals surface area contributed by atoms with E-state index in [1.807, 2.05) is 0 Å². The van der Waals surface area contributed by atoms with Gasteiger partial charge in [0.05, 0.1) is 12.5 Å². The van der Waals surface area contributed by atoms with Crippen molar-refractivity contribution in [3.8, 4) is 0 Å². The lowest BCUT2D eigenvalue weighted by Gasteiger charge is -2.06. The molecule has 0 radical (unpaired) electrons. The van der Waals surface area contributed by atoms with Crippen LogP contribution in [0.5, 0.6) is 0 Å². The average molecular weight is 176 g/mol. The van der Waals surface area contributed by atoms with E-state index in [2.05, 4.69) is 0 Å². The molecule has 0 atom stereocenters. The standard InChI is InChI=1S/C8H16O4/c1-7(2)8(10)12-6-11-5-3-4-9/h7,9H,3-6H2,1-2H3. The normalized spacial score (nSPS) is 10.3. The molecule has 0 aromatic rings.